The second kappa shape index (κ2) is 11.5. The van der Waals surface area contributed by atoms with Gasteiger partial charge in [-0.1, -0.05) is 29.8 Å². The molecule has 0 unspecified atom stereocenters. The zero-order chi connectivity index (χ0) is 29.0. The first-order valence-corrected chi connectivity index (χ1v) is 12.2. The monoisotopic (exact) mass is 591 g/mol. The molecule has 0 aliphatic heterocycles. The van der Waals surface area contributed by atoms with Crippen LogP contribution in [0, 0.1) is 0 Å². The molecule has 4 N–H and O–H groups in total. The molecule has 0 atom stereocenters. The van der Waals surface area contributed by atoms with Crippen LogP contribution in [0.25, 0.3) is 22.3 Å². The summed E-state index contributed by atoms with van der Waals surface area (Å²) < 4.78 is 37.5. The number of carbonyl (C=O) groups is 2. The number of nitrogens with zero attached hydrogens (tertiary/aromatic N) is 4. The van der Waals surface area contributed by atoms with Gasteiger partial charge in [0.05, 0.1) is 22.4 Å². The summed E-state index contributed by atoms with van der Waals surface area (Å²) in [5, 5.41) is 21.7. The molecule has 3 aromatic heterocycles. The molecule has 5 aromatic rings. The number of carboxylic acid groups (broad SMARTS) is 1. The van der Waals surface area contributed by atoms with Crippen molar-refractivity contribution in [1.82, 2.24) is 24.1 Å². The highest BCUT2D eigenvalue weighted by atomic mass is 35.5. The van der Waals surface area contributed by atoms with Crippen LogP contribution in [0.15, 0.2) is 65.7 Å². The van der Waals surface area contributed by atoms with Gasteiger partial charge in [0.25, 0.3) is 11.5 Å². The molecule has 5 rings (SSSR count). The summed E-state index contributed by atoms with van der Waals surface area (Å²) in [5.41, 5.74) is 2.34. The Morgan fingerprint density at radius 1 is 1.12 bits per heavy atom. The molecule has 0 aliphatic carbocycles. The molecule has 0 saturated carbocycles. The lowest BCUT2D eigenvalue weighted by Crippen LogP contribution is -2.24. The number of nitrogens with one attached hydrogen (secondary N) is 3. The second-order valence-corrected chi connectivity index (χ2v) is 9.12. The molecular weight excluding hydrogens is 575 g/mol. The summed E-state index contributed by atoms with van der Waals surface area (Å²) in [6.07, 6.45) is -1.80. The number of halogens is 4. The van der Waals surface area contributed by atoms with E-state index in [-0.39, 0.29) is 17.2 Å². The molecule has 2 aromatic carbocycles. The number of hydrogen-bond acceptors (Lipinski definition) is 8. The van der Waals surface area contributed by atoms with Gasteiger partial charge in [0, 0.05) is 41.3 Å². The van der Waals surface area contributed by atoms with Crippen molar-refractivity contribution in [3.63, 3.8) is 0 Å². The fourth-order valence-corrected chi connectivity index (χ4v) is 4.16. The normalized spacial score (nSPS) is 11.0. The number of benzene rings is 2. The Morgan fingerprint density at radius 3 is 2.50 bits per heavy atom. The molecule has 16 heteroatoms. The van der Waals surface area contributed by atoms with Gasteiger partial charge in [0.1, 0.15) is 5.69 Å². The lowest BCUT2D eigenvalue weighted by molar-refractivity contribution is -0.192. The van der Waals surface area contributed by atoms with Crippen LogP contribution in [0.3, 0.4) is 0 Å². The Labute approximate surface area is 231 Å². The first-order valence-electron chi connectivity index (χ1n) is 11.0. The van der Waals surface area contributed by atoms with Crippen LogP contribution in [-0.2, 0) is 11.8 Å². The van der Waals surface area contributed by atoms with Crippen molar-refractivity contribution < 1.29 is 27.9 Å². The third kappa shape index (κ3) is 6.44. The summed E-state index contributed by atoms with van der Waals surface area (Å²) in [7, 11) is 1.61. The largest absolute Gasteiger partial charge is 0.490 e. The Balaban J connectivity index is 0.000000470. The minimum absolute atomic E-state index is 0.140. The lowest BCUT2D eigenvalue weighted by atomic mass is 10.2. The van der Waals surface area contributed by atoms with E-state index in [9.17, 15) is 22.8 Å². The SMILES string of the molecule is Cn1cc(-c2nsc(Nc3ccc4[nH]ncc4c3Cl)n2)cc(NC(=O)c2ccccc2)c1=O.O=C(O)C(F)(F)F. The van der Waals surface area contributed by atoms with Gasteiger partial charge in [-0.2, -0.15) is 27.6 Å². The van der Waals surface area contributed by atoms with Crippen molar-refractivity contribution in [2.45, 2.75) is 6.18 Å². The number of aromatic amines is 1. The van der Waals surface area contributed by atoms with E-state index in [2.05, 4.69) is 30.2 Å². The zero-order valence-electron chi connectivity index (χ0n) is 20.2. The van der Waals surface area contributed by atoms with Crippen molar-refractivity contribution in [3.8, 4) is 11.4 Å². The van der Waals surface area contributed by atoms with Crippen molar-refractivity contribution in [2.75, 3.05) is 10.6 Å². The summed E-state index contributed by atoms with van der Waals surface area (Å²) in [5.74, 6) is -2.72. The average molecular weight is 592 g/mol. The van der Waals surface area contributed by atoms with Gasteiger partial charge in [-0.15, -0.1) is 0 Å². The maximum Gasteiger partial charge on any atom is 0.490 e. The van der Waals surface area contributed by atoms with Crippen molar-refractivity contribution in [2.24, 2.45) is 7.05 Å². The number of fused-ring (bicyclic) bond motifs is 1. The third-order valence-electron chi connectivity index (χ3n) is 5.19. The standard InChI is InChI=1S/C22H16ClN7O2S.C2HF3O2/c1-30-11-13(9-17(21(30)32)25-20(31)12-5-3-2-4-6-12)19-27-22(33-29-19)26-16-8-7-15-14(18(16)23)10-24-28-15;3-2(4,5)1(6)7/h2-11H,1H3,(H,24,28)(H,25,31)(H,26,27,29);(H,6,7). The van der Waals surface area contributed by atoms with Gasteiger partial charge in [-0.3, -0.25) is 14.7 Å². The van der Waals surface area contributed by atoms with E-state index in [0.29, 0.717) is 32.8 Å². The van der Waals surface area contributed by atoms with Gasteiger partial charge in [0.2, 0.25) is 5.13 Å². The van der Waals surface area contributed by atoms with Crippen LogP contribution < -0.4 is 16.2 Å². The Bertz CT molecular complexity index is 1750. The Morgan fingerprint density at radius 2 is 1.82 bits per heavy atom. The number of amides is 1. The van der Waals surface area contributed by atoms with Crippen LogP contribution in [-0.4, -0.2) is 47.3 Å². The molecule has 206 valence electrons. The highest BCUT2D eigenvalue weighted by molar-refractivity contribution is 7.10. The van der Waals surface area contributed by atoms with E-state index >= 15 is 0 Å². The summed E-state index contributed by atoms with van der Waals surface area (Å²) in [6, 6.07) is 13.9. The number of rotatable bonds is 5. The van der Waals surface area contributed by atoms with E-state index in [4.69, 9.17) is 21.5 Å². The molecule has 3 heterocycles. The number of carboxylic acids is 1. The highest BCUT2D eigenvalue weighted by Gasteiger charge is 2.38. The van der Waals surface area contributed by atoms with Crippen LogP contribution in [0.1, 0.15) is 10.4 Å². The number of hydrogen-bond donors (Lipinski definition) is 4. The fraction of sp³-hybridized carbons (Fsp3) is 0.0833. The van der Waals surface area contributed by atoms with Gasteiger partial charge in [0.15, 0.2) is 5.82 Å². The Kier molecular flexibility index (Phi) is 8.16. The summed E-state index contributed by atoms with van der Waals surface area (Å²) in [6.45, 7) is 0. The molecular formula is C24H17ClF3N7O4S. The smallest absolute Gasteiger partial charge is 0.475 e. The minimum atomic E-state index is -5.08. The van der Waals surface area contributed by atoms with Gasteiger partial charge in [-0.25, -0.2) is 4.79 Å². The van der Waals surface area contributed by atoms with Gasteiger partial charge < -0.3 is 20.3 Å². The number of pyridine rings is 1. The molecule has 0 saturated heterocycles. The number of aliphatic carboxylic acids is 1. The number of aryl methyl sites for hydroxylation is 1. The second-order valence-electron chi connectivity index (χ2n) is 7.99. The van der Waals surface area contributed by atoms with E-state index in [1.54, 1.807) is 49.8 Å². The highest BCUT2D eigenvalue weighted by Crippen LogP contribution is 2.33. The van der Waals surface area contributed by atoms with E-state index in [0.717, 1.165) is 22.4 Å². The lowest BCUT2D eigenvalue weighted by Gasteiger charge is -2.08. The summed E-state index contributed by atoms with van der Waals surface area (Å²) >= 11 is 7.62. The van der Waals surface area contributed by atoms with Gasteiger partial charge >= 0.3 is 12.1 Å². The third-order valence-corrected chi connectivity index (χ3v) is 6.23. The first kappa shape index (κ1) is 28.3. The molecule has 0 spiro atoms. The average Bonchev–Trinajstić information content (AvgIpc) is 3.59. The predicted octanol–water partition coefficient (Wildman–Crippen LogP) is 5.06. The minimum Gasteiger partial charge on any atom is -0.475 e. The zero-order valence-corrected chi connectivity index (χ0v) is 21.7. The molecule has 1 amide bonds. The predicted molar refractivity (Wildman–Crippen MR) is 143 cm³/mol. The van der Waals surface area contributed by atoms with Crippen LogP contribution in [0.2, 0.25) is 5.02 Å². The molecule has 0 aliphatic rings. The quantitative estimate of drug-likeness (QED) is 0.221. The maximum absolute atomic E-state index is 12.6. The number of H-pyrrole nitrogens is 1. The first-order chi connectivity index (χ1) is 18.9. The van der Waals surface area contributed by atoms with Crippen molar-refractivity contribution >= 4 is 62.4 Å². The van der Waals surface area contributed by atoms with E-state index < -0.39 is 12.1 Å². The van der Waals surface area contributed by atoms with E-state index in [1.165, 1.54) is 4.57 Å². The number of alkyl halides is 3. The number of anilines is 3. The molecule has 0 fully saturated rings. The maximum atomic E-state index is 12.6. The topological polar surface area (TPSA) is 155 Å². The molecule has 0 radical (unpaired) electrons. The van der Waals surface area contributed by atoms with Crippen molar-refractivity contribution in [3.05, 3.63) is 81.9 Å². The van der Waals surface area contributed by atoms with Crippen molar-refractivity contribution in [1.29, 1.82) is 0 Å². The van der Waals surface area contributed by atoms with Crippen LogP contribution in [0.5, 0.6) is 0 Å². The van der Waals surface area contributed by atoms with Crippen LogP contribution >= 0.6 is 23.1 Å². The summed E-state index contributed by atoms with van der Waals surface area (Å²) in [4.78, 5) is 38.5. The fourth-order valence-electron chi connectivity index (χ4n) is 3.29. The number of aromatic nitrogens is 5. The number of carbonyl (C=O) groups excluding carboxylic acids is 1. The molecule has 11 nitrogen and oxygen atoms in total. The Hall–Kier alpha value is -4.76. The molecule has 40 heavy (non-hydrogen) atoms. The molecule has 0 bridgehead atoms. The van der Waals surface area contributed by atoms with E-state index in [1.807, 2.05) is 18.2 Å². The van der Waals surface area contributed by atoms with Gasteiger partial charge in [-0.05, 0) is 30.3 Å². The van der Waals surface area contributed by atoms with Crippen LogP contribution in [0.4, 0.5) is 29.7 Å².